The summed E-state index contributed by atoms with van der Waals surface area (Å²) in [5.41, 5.74) is -3.71. The van der Waals surface area contributed by atoms with Gasteiger partial charge in [0, 0.05) is 12.1 Å². The molecule has 1 aliphatic rings. The summed E-state index contributed by atoms with van der Waals surface area (Å²) < 4.78 is 93.1. The SMILES string of the molecule is Fc1cccc(C(F)(F)F)c1Nc1cc(C(F)(F)F)nc(NC2CCCCC2)n1. The van der Waals surface area contributed by atoms with Gasteiger partial charge >= 0.3 is 12.4 Å². The van der Waals surface area contributed by atoms with Crippen molar-refractivity contribution in [1.29, 1.82) is 0 Å². The van der Waals surface area contributed by atoms with Gasteiger partial charge < -0.3 is 10.6 Å². The van der Waals surface area contributed by atoms with Crippen molar-refractivity contribution in [2.45, 2.75) is 50.5 Å². The number of nitrogens with zero attached hydrogens (tertiary/aromatic N) is 2. The zero-order valence-corrected chi connectivity index (χ0v) is 15.0. The maximum Gasteiger partial charge on any atom is 0.433 e. The number of benzene rings is 1. The molecule has 0 unspecified atom stereocenters. The molecule has 1 aromatic heterocycles. The van der Waals surface area contributed by atoms with Crippen molar-refractivity contribution in [3.8, 4) is 0 Å². The third-order valence-electron chi connectivity index (χ3n) is 4.53. The van der Waals surface area contributed by atoms with E-state index in [-0.39, 0.29) is 12.0 Å². The Hall–Kier alpha value is -2.59. The fourth-order valence-corrected chi connectivity index (χ4v) is 3.17. The number of para-hydroxylation sites is 1. The smallest absolute Gasteiger partial charge is 0.351 e. The molecule has 2 N–H and O–H groups in total. The van der Waals surface area contributed by atoms with Crippen LogP contribution in [0.1, 0.15) is 43.4 Å². The van der Waals surface area contributed by atoms with E-state index < -0.39 is 40.9 Å². The van der Waals surface area contributed by atoms with Crippen LogP contribution in [0.3, 0.4) is 0 Å². The standard InChI is InChI=1S/C18H17F7N4/c19-12-8-4-7-11(17(20,21)22)15(12)28-14-9-13(18(23,24)25)27-16(29-14)26-10-5-2-1-3-6-10/h4,7-10H,1-3,5-6H2,(H2,26,27,28,29). The summed E-state index contributed by atoms with van der Waals surface area (Å²) in [6, 6.07) is 2.56. The molecule has 1 aliphatic carbocycles. The summed E-state index contributed by atoms with van der Waals surface area (Å²) in [6.07, 6.45) is -5.53. The van der Waals surface area contributed by atoms with Gasteiger partial charge in [-0.2, -0.15) is 31.3 Å². The Balaban J connectivity index is 1.98. The van der Waals surface area contributed by atoms with Crippen LogP contribution < -0.4 is 10.6 Å². The number of halogens is 7. The highest BCUT2D eigenvalue weighted by molar-refractivity contribution is 5.63. The first-order chi connectivity index (χ1) is 13.5. The molecule has 29 heavy (non-hydrogen) atoms. The zero-order chi connectivity index (χ0) is 21.2. The molecule has 0 saturated heterocycles. The second-order valence-corrected chi connectivity index (χ2v) is 6.72. The molecule has 1 saturated carbocycles. The summed E-state index contributed by atoms with van der Waals surface area (Å²) in [6.45, 7) is 0. The molecule has 2 aromatic rings. The summed E-state index contributed by atoms with van der Waals surface area (Å²) in [5.74, 6) is -2.24. The number of anilines is 3. The summed E-state index contributed by atoms with van der Waals surface area (Å²) in [5, 5.41) is 4.85. The molecule has 158 valence electrons. The van der Waals surface area contributed by atoms with Gasteiger partial charge in [0.05, 0.1) is 11.3 Å². The fourth-order valence-electron chi connectivity index (χ4n) is 3.17. The highest BCUT2D eigenvalue weighted by Gasteiger charge is 2.36. The fraction of sp³-hybridized carbons (Fsp3) is 0.444. The molecule has 4 nitrogen and oxygen atoms in total. The van der Waals surface area contributed by atoms with Crippen LogP contribution in [0.25, 0.3) is 0 Å². The van der Waals surface area contributed by atoms with E-state index in [1.165, 1.54) is 0 Å². The van der Waals surface area contributed by atoms with Gasteiger partial charge in [-0.25, -0.2) is 9.37 Å². The molecule has 0 amide bonds. The quantitative estimate of drug-likeness (QED) is 0.581. The summed E-state index contributed by atoms with van der Waals surface area (Å²) >= 11 is 0. The predicted molar refractivity (Wildman–Crippen MR) is 92.2 cm³/mol. The van der Waals surface area contributed by atoms with Crippen LogP contribution in [-0.2, 0) is 12.4 Å². The van der Waals surface area contributed by atoms with Gasteiger partial charge in [-0.3, -0.25) is 0 Å². The molecule has 3 rings (SSSR count). The molecule has 0 radical (unpaired) electrons. The van der Waals surface area contributed by atoms with Crippen molar-refractivity contribution in [2.75, 3.05) is 10.6 Å². The maximum absolute atomic E-state index is 14.0. The number of hydrogen-bond acceptors (Lipinski definition) is 4. The minimum absolute atomic E-state index is 0.140. The van der Waals surface area contributed by atoms with Crippen molar-refractivity contribution in [3.63, 3.8) is 0 Å². The second kappa shape index (κ2) is 8.03. The van der Waals surface area contributed by atoms with Crippen LogP contribution in [0.2, 0.25) is 0 Å². The average Bonchev–Trinajstić information content (AvgIpc) is 2.62. The molecule has 0 atom stereocenters. The van der Waals surface area contributed by atoms with Crippen molar-refractivity contribution in [1.82, 2.24) is 9.97 Å². The summed E-state index contributed by atoms with van der Waals surface area (Å²) in [4.78, 5) is 7.26. The highest BCUT2D eigenvalue weighted by atomic mass is 19.4. The molecular weight excluding hydrogens is 405 g/mol. The van der Waals surface area contributed by atoms with Gasteiger partial charge in [-0.1, -0.05) is 25.3 Å². The van der Waals surface area contributed by atoms with Crippen molar-refractivity contribution in [3.05, 3.63) is 41.3 Å². The zero-order valence-electron chi connectivity index (χ0n) is 15.0. The van der Waals surface area contributed by atoms with Crippen LogP contribution in [0, 0.1) is 5.82 Å². The lowest BCUT2D eigenvalue weighted by Crippen LogP contribution is -2.24. The van der Waals surface area contributed by atoms with Gasteiger partial charge in [0.25, 0.3) is 0 Å². The lowest BCUT2D eigenvalue weighted by molar-refractivity contribution is -0.141. The molecule has 0 bridgehead atoms. The first-order valence-corrected chi connectivity index (χ1v) is 8.89. The second-order valence-electron chi connectivity index (χ2n) is 6.72. The third-order valence-corrected chi connectivity index (χ3v) is 4.53. The predicted octanol–water partition coefficient (Wildman–Crippen LogP) is 6.14. The first kappa shape index (κ1) is 21.1. The van der Waals surface area contributed by atoms with Crippen molar-refractivity contribution < 1.29 is 30.7 Å². The van der Waals surface area contributed by atoms with E-state index in [4.69, 9.17) is 0 Å². The van der Waals surface area contributed by atoms with Gasteiger partial charge in [0.15, 0.2) is 5.69 Å². The van der Waals surface area contributed by atoms with E-state index in [2.05, 4.69) is 20.6 Å². The summed E-state index contributed by atoms with van der Waals surface area (Å²) in [7, 11) is 0. The van der Waals surface area contributed by atoms with Crippen LogP contribution in [0.4, 0.5) is 48.2 Å². The molecule has 1 fully saturated rings. The monoisotopic (exact) mass is 422 g/mol. The van der Waals surface area contributed by atoms with E-state index in [1.54, 1.807) is 0 Å². The van der Waals surface area contributed by atoms with Gasteiger partial charge in [0.1, 0.15) is 11.6 Å². The van der Waals surface area contributed by atoms with Gasteiger partial charge in [-0.15, -0.1) is 0 Å². The highest BCUT2D eigenvalue weighted by Crippen LogP contribution is 2.38. The van der Waals surface area contributed by atoms with Crippen molar-refractivity contribution in [2.24, 2.45) is 0 Å². The Bertz CT molecular complexity index is 858. The van der Waals surface area contributed by atoms with E-state index in [0.29, 0.717) is 25.0 Å². The third kappa shape index (κ3) is 5.27. The van der Waals surface area contributed by atoms with Crippen LogP contribution in [-0.4, -0.2) is 16.0 Å². The largest absolute Gasteiger partial charge is 0.433 e. The lowest BCUT2D eigenvalue weighted by atomic mass is 9.96. The molecule has 1 aromatic carbocycles. The molecule has 11 heteroatoms. The Morgan fingerprint density at radius 2 is 1.59 bits per heavy atom. The van der Waals surface area contributed by atoms with Crippen LogP contribution in [0.15, 0.2) is 24.3 Å². The molecule has 0 aliphatic heterocycles. The number of hydrogen-bond donors (Lipinski definition) is 2. The first-order valence-electron chi connectivity index (χ1n) is 8.89. The van der Waals surface area contributed by atoms with E-state index in [1.807, 2.05) is 0 Å². The Kier molecular flexibility index (Phi) is 5.85. The Morgan fingerprint density at radius 1 is 0.897 bits per heavy atom. The minimum Gasteiger partial charge on any atom is -0.351 e. The van der Waals surface area contributed by atoms with Crippen LogP contribution in [0.5, 0.6) is 0 Å². The lowest BCUT2D eigenvalue weighted by Gasteiger charge is -2.23. The number of rotatable bonds is 4. The topological polar surface area (TPSA) is 49.8 Å². The Morgan fingerprint density at radius 3 is 2.21 bits per heavy atom. The van der Waals surface area contributed by atoms with E-state index >= 15 is 0 Å². The van der Waals surface area contributed by atoms with Gasteiger partial charge in [0.2, 0.25) is 5.95 Å². The molecule has 0 spiro atoms. The van der Waals surface area contributed by atoms with E-state index in [9.17, 15) is 30.7 Å². The average molecular weight is 422 g/mol. The molecule has 1 heterocycles. The van der Waals surface area contributed by atoms with Crippen LogP contribution >= 0.6 is 0 Å². The number of alkyl halides is 6. The normalized spacial score (nSPS) is 16.0. The molecular formula is C18H17F7N4. The Labute approximate surface area is 161 Å². The number of nitrogens with one attached hydrogen (secondary N) is 2. The van der Waals surface area contributed by atoms with Gasteiger partial charge in [-0.05, 0) is 25.0 Å². The maximum atomic E-state index is 14.0. The minimum atomic E-state index is -4.91. The number of aromatic nitrogens is 2. The van der Waals surface area contributed by atoms with E-state index in [0.717, 1.165) is 31.4 Å². The van der Waals surface area contributed by atoms with Crippen molar-refractivity contribution >= 4 is 17.5 Å².